The van der Waals surface area contributed by atoms with E-state index in [0.717, 1.165) is 0 Å². The Morgan fingerprint density at radius 3 is 1.94 bits per heavy atom. The fraction of sp³-hybridized carbons (Fsp3) is 0.250. The number of hydrogen-bond acceptors (Lipinski definition) is 0. The normalized spacial score (nSPS) is 9.25. The molecule has 0 spiro atoms. The molecule has 0 saturated carbocycles. The average Bonchev–Trinajstić information content (AvgIpc) is 2.33. The van der Waals surface area contributed by atoms with Gasteiger partial charge in [0.1, 0.15) is 0 Å². The summed E-state index contributed by atoms with van der Waals surface area (Å²) in [6.07, 6.45) is 0. The van der Waals surface area contributed by atoms with Crippen molar-refractivity contribution in [3.05, 3.63) is 59.7 Å². The van der Waals surface area contributed by atoms with E-state index in [2.05, 4.69) is 56.3 Å². The summed E-state index contributed by atoms with van der Waals surface area (Å²) in [6.45, 7) is 8.29. The lowest BCUT2D eigenvalue weighted by atomic mass is 9.99. The molecule has 2 rings (SSSR count). The maximum Gasteiger partial charge on any atom is -0.0155 e. The molecule has 0 saturated heterocycles. The van der Waals surface area contributed by atoms with Gasteiger partial charge in [0.15, 0.2) is 0 Å². The second kappa shape index (κ2) is 6.12. The summed E-state index contributed by atoms with van der Waals surface area (Å²) in [5.74, 6) is 0. The minimum atomic E-state index is 1.30. The monoisotopic (exact) mass is 212 g/mol. The molecule has 0 aromatic heterocycles. The lowest BCUT2D eigenvalue weighted by Crippen LogP contribution is -1.83. The molecule has 2 aromatic carbocycles. The highest BCUT2D eigenvalue weighted by Crippen LogP contribution is 2.23. The molecule has 0 bridgehead atoms. The van der Waals surface area contributed by atoms with Crippen LogP contribution in [0, 0.1) is 13.8 Å². The van der Waals surface area contributed by atoms with Gasteiger partial charge in [-0.2, -0.15) is 0 Å². The Morgan fingerprint density at radius 2 is 1.38 bits per heavy atom. The van der Waals surface area contributed by atoms with Crippen molar-refractivity contribution in [2.75, 3.05) is 0 Å². The third-order valence-electron chi connectivity index (χ3n) is 2.47. The third kappa shape index (κ3) is 2.96. The van der Waals surface area contributed by atoms with E-state index in [9.17, 15) is 0 Å². The molecule has 0 amide bonds. The van der Waals surface area contributed by atoms with Crippen molar-refractivity contribution in [2.24, 2.45) is 0 Å². The minimum absolute atomic E-state index is 1.30. The standard InChI is InChI=1S/C14H14.C2H6/c1-11-8-9-14(12(2)10-11)13-6-4-3-5-7-13;1-2/h3-10H,1-2H3;1-2H3. The van der Waals surface area contributed by atoms with Crippen molar-refractivity contribution in [1.29, 1.82) is 0 Å². The Morgan fingerprint density at radius 1 is 0.750 bits per heavy atom. The quantitative estimate of drug-likeness (QED) is 0.624. The predicted octanol–water partition coefficient (Wildman–Crippen LogP) is 5.00. The average molecular weight is 212 g/mol. The largest absolute Gasteiger partial charge is 0.0683 e. The van der Waals surface area contributed by atoms with Crippen LogP contribution in [0.15, 0.2) is 48.5 Å². The van der Waals surface area contributed by atoms with Gasteiger partial charge >= 0.3 is 0 Å². The van der Waals surface area contributed by atoms with E-state index in [1.165, 1.54) is 22.3 Å². The maximum absolute atomic E-state index is 2.22. The van der Waals surface area contributed by atoms with Gasteiger partial charge in [0, 0.05) is 0 Å². The first-order chi connectivity index (χ1) is 7.77. The first-order valence-corrected chi connectivity index (χ1v) is 5.90. The number of benzene rings is 2. The molecule has 0 fully saturated rings. The van der Waals surface area contributed by atoms with Crippen molar-refractivity contribution in [2.45, 2.75) is 27.7 Å². The van der Waals surface area contributed by atoms with Crippen LogP contribution in [0.25, 0.3) is 11.1 Å². The summed E-state index contributed by atoms with van der Waals surface area (Å²) in [7, 11) is 0. The van der Waals surface area contributed by atoms with Crippen molar-refractivity contribution >= 4 is 0 Å². The molecule has 0 atom stereocenters. The molecular formula is C16H20. The molecule has 0 N–H and O–H groups in total. The van der Waals surface area contributed by atoms with Crippen LogP contribution in [0.1, 0.15) is 25.0 Å². The molecule has 0 heteroatoms. The molecule has 0 unspecified atom stereocenters. The van der Waals surface area contributed by atoms with Crippen LogP contribution in [-0.2, 0) is 0 Å². The molecule has 0 aliphatic heterocycles. The van der Waals surface area contributed by atoms with Gasteiger partial charge in [0.05, 0.1) is 0 Å². The lowest BCUT2D eigenvalue weighted by Gasteiger charge is -2.06. The second-order valence-electron chi connectivity index (χ2n) is 3.68. The highest BCUT2D eigenvalue weighted by molar-refractivity contribution is 5.67. The van der Waals surface area contributed by atoms with Crippen LogP contribution >= 0.6 is 0 Å². The zero-order chi connectivity index (χ0) is 12.0. The summed E-state index contributed by atoms with van der Waals surface area (Å²) in [6, 6.07) is 17.1. The number of aryl methyl sites for hydroxylation is 2. The summed E-state index contributed by atoms with van der Waals surface area (Å²) in [5.41, 5.74) is 5.29. The molecule has 0 aliphatic carbocycles. The summed E-state index contributed by atoms with van der Waals surface area (Å²) >= 11 is 0. The van der Waals surface area contributed by atoms with Crippen molar-refractivity contribution < 1.29 is 0 Å². The van der Waals surface area contributed by atoms with Gasteiger partial charge < -0.3 is 0 Å². The van der Waals surface area contributed by atoms with Crippen LogP contribution in [0.2, 0.25) is 0 Å². The van der Waals surface area contributed by atoms with Crippen LogP contribution in [0.5, 0.6) is 0 Å². The molecule has 0 nitrogen and oxygen atoms in total. The molecule has 0 radical (unpaired) electrons. The molecule has 0 heterocycles. The van der Waals surface area contributed by atoms with Crippen molar-refractivity contribution in [3.63, 3.8) is 0 Å². The van der Waals surface area contributed by atoms with Crippen LogP contribution in [-0.4, -0.2) is 0 Å². The SMILES string of the molecule is CC.Cc1ccc(-c2ccccc2)c(C)c1. The van der Waals surface area contributed by atoms with E-state index in [4.69, 9.17) is 0 Å². The summed E-state index contributed by atoms with van der Waals surface area (Å²) < 4.78 is 0. The topological polar surface area (TPSA) is 0 Å². The number of rotatable bonds is 1. The van der Waals surface area contributed by atoms with Crippen LogP contribution < -0.4 is 0 Å². The van der Waals surface area contributed by atoms with E-state index in [-0.39, 0.29) is 0 Å². The summed E-state index contributed by atoms with van der Waals surface area (Å²) in [5, 5.41) is 0. The number of hydrogen-bond donors (Lipinski definition) is 0. The van der Waals surface area contributed by atoms with Gasteiger partial charge in [-0.25, -0.2) is 0 Å². The van der Waals surface area contributed by atoms with Gasteiger partial charge in [-0.05, 0) is 30.5 Å². The molecule has 0 aliphatic rings. The summed E-state index contributed by atoms with van der Waals surface area (Å²) in [4.78, 5) is 0. The molecular weight excluding hydrogens is 192 g/mol. The zero-order valence-electron chi connectivity index (χ0n) is 10.6. The van der Waals surface area contributed by atoms with E-state index in [0.29, 0.717) is 0 Å². The smallest absolute Gasteiger partial charge is 0.0155 e. The molecule has 2 aromatic rings. The van der Waals surface area contributed by atoms with Gasteiger partial charge in [-0.1, -0.05) is 67.9 Å². The van der Waals surface area contributed by atoms with Crippen molar-refractivity contribution in [1.82, 2.24) is 0 Å². The van der Waals surface area contributed by atoms with Gasteiger partial charge in [-0.3, -0.25) is 0 Å². The van der Waals surface area contributed by atoms with Crippen molar-refractivity contribution in [3.8, 4) is 11.1 Å². The minimum Gasteiger partial charge on any atom is -0.0683 e. The zero-order valence-corrected chi connectivity index (χ0v) is 10.6. The van der Waals surface area contributed by atoms with Gasteiger partial charge in [0.25, 0.3) is 0 Å². The highest BCUT2D eigenvalue weighted by atomic mass is 14.0. The van der Waals surface area contributed by atoms with Crippen LogP contribution in [0.4, 0.5) is 0 Å². The Hall–Kier alpha value is -1.56. The Bertz CT molecular complexity index is 427. The third-order valence-corrected chi connectivity index (χ3v) is 2.47. The second-order valence-corrected chi connectivity index (χ2v) is 3.68. The highest BCUT2D eigenvalue weighted by Gasteiger charge is 1.99. The lowest BCUT2D eigenvalue weighted by molar-refractivity contribution is 1.38. The van der Waals surface area contributed by atoms with E-state index in [1.54, 1.807) is 0 Å². The van der Waals surface area contributed by atoms with E-state index < -0.39 is 0 Å². The van der Waals surface area contributed by atoms with Crippen LogP contribution in [0.3, 0.4) is 0 Å². The Kier molecular flexibility index (Phi) is 4.78. The maximum atomic E-state index is 2.22. The van der Waals surface area contributed by atoms with Gasteiger partial charge in [-0.15, -0.1) is 0 Å². The fourth-order valence-corrected chi connectivity index (χ4v) is 1.76. The Balaban J connectivity index is 0.000000606. The first kappa shape index (κ1) is 12.5. The first-order valence-electron chi connectivity index (χ1n) is 5.90. The molecule has 16 heavy (non-hydrogen) atoms. The molecule has 84 valence electrons. The van der Waals surface area contributed by atoms with E-state index >= 15 is 0 Å². The van der Waals surface area contributed by atoms with Gasteiger partial charge in [0.2, 0.25) is 0 Å². The van der Waals surface area contributed by atoms with E-state index in [1.807, 2.05) is 19.9 Å². The Labute approximate surface area is 99.0 Å². The predicted molar refractivity (Wildman–Crippen MR) is 72.7 cm³/mol. The fourth-order valence-electron chi connectivity index (χ4n) is 1.76.